The van der Waals surface area contributed by atoms with E-state index in [0.717, 1.165) is 25.9 Å². The van der Waals surface area contributed by atoms with Crippen molar-refractivity contribution in [3.63, 3.8) is 0 Å². The lowest BCUT2D eigenvalue weighted by Gasteiger charge is -2.26. The van der Waals surface area contributed by atoms with E-state index in [4.69, 9.17) is 4.98 Å². The first-order chi connectivity index (χ1) is 10.1. The summed E-state index contributed by atoms with van der Waals surface area (Å²) in [6.45, 7) is 11.0. The second-order valence-electron chi connectivity index (χ2n) is 6.51. The van der Waals surface area contributed by atoms with Gasteiger partial charge >= 0.3 is 0 Å². The van der Waals surface area contributed by atoms with Crippen LogP contribution in [0.3, 0.4) is 0 Å². The summed E-state index contributed by atoms with van der Waals surface area (Å²) >= 11 is 0. The third kappa shape index (κ3) is 4.44. The van der Waals surface area contributed by atoms with Crippen molar-refractivity contribution in [2.24, 2.45) is 0 Å². The van der Waals surface area contributed by atoms with Gasteiger partial charge in [-0.1, -0.05) is 34.1 Å². The summed E-state index contributed by atoms with van der Waals surface area (Å²) in [7, 11) is 0. The lowest BCUT2D eigenvalue weighted by Crippen LogP contribution is -2.30. The van der Waals surface area contributed by atoms with Crippen LogP contribution in [0.2, 0.25) is 0 Å². The van der Waals surface area contributed by atoms with Gasteiger partial charge in [0.05, 0.1) is 0 Å². The summed E-state index contributed by atoms with van der Waals surface area (Å²) in [5.74, 6) is 1.20. The van der Waals surface area contributed by atoms with E-state index in [1.54, 1.807) is 0 Å². The fourth-order valence-corrected chi connectivity index (χ4v) is 3.15. The average molecular weight is 289 g/mol. The Balaban J connectivity index is 2.22. The smallest absolute Gasteiger partial charge is 0.129 e. The van der Waals surface area contributed by atoms with Gasteiger partial charge in [-0.25, -0.2) is 4.98 Å². The van der Waals surface area contributed by atoms with Crippen LogP contribution >= 0.6 is 0 Å². The Morgan fingerprint density at radius 2 is 2.14 bits per heavy atom. The van der Waals surface area contributed by atoms with Crippen LogP contribution in [-0.4, -0.2) is 23.6 Å². The molecule has 3 heteroatoms. The number of hydrogen-bond donors (Lipinski definition) is 1. The molecule has 2 rings (SSSR count). The lowest BCUT2D eigenvalue weighted by atomic mass is 10.1. The summed E-state index contributed by atoms with van der Waals surface area (Å²) in [6, 6.07) is 5.77. The van der Waals surface area contributed by atoms with E-state index in [1.165, 1.54) is 36.3 Å². The Kier molecular flexibility index (Phi) is 6.04. The molecule has 118 valence electrons. The number of aromatic nitrogens is 1. The zero-order valence-corrected chi connectivity index (χ0v) is 14.2. The summed E-state index contributed by atoms with van der Waals surface area (Å²) in [5, 5.41) is 3.53. The number of nitrogens with zero attached hydrogens (tertiary/aromatic N) is 2. The topological polar surface area (TPSA) is 28.2 Å². The molecular weight excluding hydrogens is 258 g/mol. The molecule has 0 spiro atoms. The Hall–Kier alpha value is -1.09. The molecule has 0 amide bonds. The highest BCUT2D eigenvalue weighted by Gasteiger charge is 2.24. The molecule has 0 saturated carbocycles. The van der Waals surface area contributed by atoms with Gasteiger partial charge in [-0.2, -0.15) is 0 Å². The van der Waals surface area contributed by atoms with Crippen LogP contribution in [0.25, 0.3) is 0 Å². The van der Waals surface area contributed by atoms with Gasteiger partial charge in [-0.3, -0.25) is 0 Å². The van der Waals surface area contributed by atoms with Crippen molar-refractivity contribution in [2.45, 2.75) is 78.4 Å². The van der Waals surface area contributed by atoms with Gasteiger partial charge in [-0.05, 0) is 43.4 Å². The molecule has 1 saturated heterocycles. The van der Waals surface area contributed by atoms with Crippen molar-refractivity contribution in [3.8, 4) is 0 Å². The van der Waals surface area contributed by atoms with E-state index >= 15 is 0 Å². The van der Waals surface area contributed by atoms with Crippen molar-refractivity contribution >= 4 is 5.82 Å². The summed E-state index contributed by atoms with van der Waals surface area (Å²) in [6.07, 6.45) is 6.07. The Morgan fingerprint density at radius 3 is 2.81 bits per heavy atom. The molecule has 0 aliphatic carbocycles. The monoisotopic (exact) mass is 289 g/mol. The van der Waals surface area contributed by atoms with Crippen LogP contribution in [0.15, 0.2) is 12.1 Å². The van der Waals surface area contributed by atoms with Crippen molar-refractivity contribution in [1.29, 1.82) is 0 Å². The maximum Gasteiger partial charge on any atom is 0.129 e. The van der Waals surface area contributed by atoms with Crippen LogP contribution in [0.5, 0.6) is 0 Å². The zero-order valence-electron chi connectivity index (χ0n) is 14.2. The lowest BCUT2D eigenvalue weighted by molar-refractivity contribution is 0.587. The Morgan fingerprint density at radius 1 is 1.33 bits per heavy atom. The number of aryl methyl sites for hydroxylation is 1. The molecule has 0 bridgehead atoms. The maximum atomic E-state index is 4.93. The fraction of sp³-hybridized carbons (Fsp3) is 0.722. The standard InChI is InChI=1S/C18H31N3/c1-5-8-16-11-15(13-19-14(3)4)12-18(20-16)21-10-7-9-17(21)6-2/h11-12,14,17,19H,5-10,13H2,1-4H3. The van der Waals surface area contributed by atoms with E-state index in [2.05, 4.69) is 50.0 Å². The number of anilines is 1. The Bertz CT molecular complexity index is 442. The van der Waals surface area contributed by atoms with Crippen LogP contribution < -0.4 is 10.2 Å². The first kappa shape index (κ1) is 16.3. The summed E-state index contributed by atoms with van der Waals surface area (Å²) in [5.41, 5.74) is 2.62. The molecule has 0 radical (unpaired) electrons. The van der Waals surface area contributed by atoms with Crippen LogP contribution in [0.4, 0.5) is 5.82 Å². The molecule has 1 aliphatic rings. The first-order valence-corrected chi connectivity index (χ1v) is 8.63. The van der Waals surface area contributed by atoms with Gasteiger partial charge in [0.1, 0.15) is 5.82 Å². The van der Waals surface area contributed by atoms with Gasteiger partial charge < -0.3 is 10.2 Å². The van der Waals surface area contributed by atoms with Crippen LogP contribution in [-0.2, 0) is 13.0 Å². The average Bonchev–Trinajstić information content (AvgIpc) is 2.94. The minimum Gasteiger partial charge on any atom is -0.354 e. The molecule has 1 aromatic rings. The van der Waals surface area contributed by atoms with E-state index in [9.17, 15) is 0 Å². The number of hydrogen-bond acceptors (Lipinski definition) is 3. The quantitative estimate of drug-likeness (QED) is 0.825. The number of pyridine rings is 1. The molecule has 0 aromatic carbocycles. The molecule has 1 N–H and O–H groups in total. The predicted octanol–water partition coefficient (Wildman–Crippen LogP) is 3.91. The summed E-state index contributed by atoms with van der Waals surface area (Å²) in [4.78, 5) is 7.45. The maximum absolute atomic E-state index is 4.93. The highest BCUT2D eigenvalue weighted by Crippen LogP contribution is 2.27. The molecule has 21 heavy (non-hydrogen) atoms. The molecular formula is C18H31N3. The molecule has 2 heterocycles. The second kappa shape index (κ2) is 7.79. The van der Waals surface area contributed by atoms with Gasteiger partial charge in [0.25, 0.3) is 0 Å². The number of nitrogens with one attached hydrogen (secondary N) is 1. The Labute approximate surface area is 130 Å². The van der Waals surface area contributed by atoms with Crippen molar-refractivity contribution in [3.05, 3.63) is 23.4 Å². The SMILES string of the molecule is CCCc1cc(CNC(C)C)cc(N2CCCC2CC)n1. The van der Waals surface area contributed by atoms with Gasteiger partial charge in [0.2, 0.25) is 0 Å². The molecule has 1 fully saturated rings. The minimum atomic E-state index is 0.520. The third-order valence-electron chi connectivity index (χ3n) is 4.29. The second-order valence-corrected chi connectivity index (χ2v) is 6.51. The molecule has 1 atom stereocenters. The van der Waals surface area contributed by atoms with Crippen molar-refractivity contribution in [2.75, 3.05) is 11.4 Å². The van der Waals surface area contributed by atoms with Crippen molar-refractivity contribution < 1.29 is 0 Å². The molecule has 1 aliphatic heterocycles. The predicted molar refractivity (Wildman–Crippen MR) is 90.9 cm³/mol. The van der Waals surface area contributed by atoms with Crippen LogP contribution in [0, 0.1) is 0 Å². The largest absolute Gasteiger partial charge is 0.354 e. The van der Waals surface area contributed by atoms with Crippen LogP contribution in [0.1, 0.15) is 64.6 Å². The highest BCUT2D eigenvalue weighted by atomic mass is 15.2. The van der Waals surface area contributed by atoms with Gasteiger partial charge in [0.15, 0.2) is 0 Å². The molecule has 1 aromatic heterocycles. The fourth-order valence-electron chi connectivity index (χ4n) is 3.15. The third-order valence-corrected chi connectivity index (χ3v) is 4.29. The highest BCUT2D eigenvalue weighted by molar-refractivity contribution is 5.45. The van der Waals surface area contributed by atoms with E-state index < -0.39 is 0 Å². The van der Waals surface area contributed by atoms with E-state index in [-0.39, 0.29) is 0 Å². The minimum absolute atomic E-state index is 0.520. The normalized spacial score (nSPS) is 18.7. The van der Waals surface area contributed by atoms with E-state index in [0.29, 0.717) is 12.1 Å². The van der Waals surface area contributed by atoms with Gasteiger partial charge in [-0.15, -0.1) is 0 Å². The zero-order chi connectivity index (χ0) is 15.2. The first-order valence-electron chi connectivity index (χ1n) is 8.63. The van der Waals surface area contributed by atoms with E-state index in [1.807, 2.05) is 0 Å². The van der Waals surface area contributed by atoms with Gasteiger partial charge in [0, 0.05) is 30.9 Å². The molecule has 3 nitrogen and oxygen atoms in total. The number of rotatable bonds is 7. The molecule has 1 unspecified atom stereocenters. The van der Waals surface area contributed by atoms with Crippen molar-refractivity contribution in [1.82, 2.24) is 10.3 Å². The summed E-state index contributed by atoms with van der Waals surface area (Å²) < 4.78 is 0.